The number of benzene rings is 3. The number of nitrogens with one attached hydrogen (secondary N) is 1. The van der Waals surface area contributed by atoms with Crippen LogP contribution in [0.15, 0.2) is 60.7 Å². The molecule has 5 aliphatic rings. The molecule has 2 fully saturated rings. The number of rotatable bonds is 5. The number of aromatic nitrogens is 1. The molecule has 5 nitrogen and oxygen atoms in total. The second-order valence-electron chi connectivity index (χ2n) is 14.7. The van der Waals surface area contributed by atoms with Crippen LogP contribution in [0.5, 0.6) is 11.5 Å². The van der Waals surface area contributed by atoms with Crippen molar-refractivity contribution in [3.8, 4) is 11.5 Å². The highest BCUT2D eigenvalue weighted by Crippen LogP contribution is 2.70. The van der Waals surface area contributed by atoms with Crippen LogP contribution >= 0.6 is 12.4 Å². The van der Waals surface area contributed by atoms with E-state index in [2.05, 4.69) is 85.3 Å². The van der Waals surface area contributed by atoms with E-state index in [-0.39, 0.29) is 41.1 Å². The molecule has 4 aromatic rings. The van der Waals surface area contributed by atoms with Gasteiger partial charge in [-0.25, -0.2) is 0 Å². The summed E-state index contributed by atoms with van der Waals surface area (Å²) < 4.78 is 14.5. The van der Waals surface area contributed by atoms with Crippen molar-refractivity contribution in [3.63, 3.8) is 0 Å². The molecule has 1 saturated carbocycles. The van der Waals surface area contributed by atoms with Crippen molar-refractivity contribution in [2.75, 3.05) is 13.1 Å². The van der Waals surface area contributed by atoms with Gasteiger partial charge in [-0.15, -0.1) is 12.4 Å². The number of hydrogen-bond donors (Lipinski definition) is 2. The summed E-state index contributed by atoms with van der Waals surface area (Å²) in [5.41, 5.74) is 8.01. The zero-order valence-electron chi connectivity index (χ0n) is 25.3. The first-order valence-electron chi connectivity index (χ1n) is 15.9. The molecule has 3 heterocycles. The van der Waals surface area contributed by atoms with Gasteiger partial charge < -0.3 is 19.6 Å². The summed E-state index contributed by atoms with van der Waals surface area (Å²) >= 11 is 0. The lowest BCUT2D eigenvalue weighted by Gasteiger charge is -2.64. The molecule has 224 valence electrons. The number of aromatic amines is 1. The van der Waals surface area contributed by atoms with Crippen molar-refractivity contribution in [2.24, 2.45) is 5.92 Å². The predicted octanol–water partition coefficient (Wildman–Crippen LogP) is 7.52. The first-order valence-corrected chi connectivity index (χ1v) is 15.9. The number of ether oxygens (including phenoxy) is 2. The second kappa shape index (κ2) is 9.26. The van der Waals surface area contributed by atoms with Crippen molar-refractivity contribution in [2.45, 2.75) is 88.1 Å². The Kier molecular flexibility index (Phi) is 5.93. The smallest absolute Gasteiger partial charge is 0.166 e. The third kappa shape index (κ3) is 3.71. The number of piperidine rings is 1. The molecule has 0 radical (unpaired) electrons. The summed E-state index contributed by atoms with van der Waals surface area (Å²) in [5.74, 6) is 1.74. The lowest BCUT2D eigenvalue weighted by atomic mass is 9.48. The Morgan fingerprint density at radius 2 is 1.84 bits per heavy atom. The molecular formula is C37H41ClN2O3. The van der Waals surface area contributed by atoms with Crippen LogP contribution in [0.1, 0.15) is 79.6 Å². The highest BCUT2D eigenvalue weighted by atomic mass is 35.5. The standard InChI is InChI=1S/C37H40N2O3.ClH/c1-35(2,3)25-13-10-23(11-14-25)21-41-37-19-27-26-6-4-5-7-28(26)38-32(27)34-36(37)16-17-39(20-22-8-9-22)30(37)18-24-12-15-29(40)33(42-34)31(24)36;/h4-7,10-15,22,30,34,38,40H,8-9,16-21H2,1-3H3;1H/t30-,34+,36+,37-;/m1./s1. The number of hydrogen-bond acceptors (Lipinski definition) is 4. The Morgan fingerprint density at radius 3 is 2.60 bits per heavy atom. The van der Waals surface area contributed by atoms with E-state index in [1.165, 1.54) is 51.7 Å². The van der Waals surface area contributed by atoms with Gasteiger partial charge in [0.05, 0.1) is 17.7 Å². The molecule has 2 aliphatic heterocycles. The second-order valence-corrected chi connectivity index (χ2v) is 14.7. The summed E-state index contributed by atoms with van der Waals surface area (Å²) in [6.07, 6.45) is 5.19. The third-order valence-electron chi connectivity index (χ3n) is 11.3. The average molecular weight is 597 g/mol. The van der Waals surface area contributed by atoms with Crippen molar-refractivity contribution < 1.29 is 14.6 Å². The molecule has 9 rings (SSSR count). The number of phenolic OH excluding ortho intramolecular Hbond substituents is 1. The monoisotopic (exact) mass is 596 g/mol. The number of aromatic hydroxyl groups is 1. The van der Waals surface area contributed by atoms with Crippen molar-refractivity contribution >= 4 is 23.3 Å². The van der Waals surface area contributed by atoms with Gasteiger partial charge in [0.1, 0.15) is 5.60 Å². The average Bonchev–Trinajstić information content (AvgIpc) is 3.62. The van der Waals surface area contributed by atoms with Gasteiger partial charge in [0.15, 0.2) is 17.6 Å². The van der Waals surface area contributed by atoms with Gasteiger partial charge in [0.25, 0.3) is 0 Å². The number of fused-ring (bicyclic) bond motifs is 4. The first-order chi connectivity index (χ1) is 20.3. The highest BCUT2D eigenvalue weighted by Gasteiger charge is 2.74. The van der Waals surface area contributed by atoms with Gasteiger partial charge in [-0.2, -0.15) is 0 Å². The Labute approximate surface area is 260 Å². The van der Waals surface area contributed by atoms with E-state index in [4.69, 9.17) is 9.47 Å². The van der Waals surface area contributed by atoms with E-state index >= 15 is 0 Å². The minimum absolute atomic E-state index is 0. The fourth-order valence-electron chi connectivity index (χ4n) is 9.13. The molecule has 0 unspecified atom stereocenters. The first kappa shape index (κ1) is 27.6. The molecule has 4 atom stereocenters. The number of nitrogens with zero attached hydrogens (tertiary/aromatic N) is 1. The van der Waals surface area contributed by atoms with Crippen molar-refractivity contribution in [1.29, 1.82) is 0 Å². The third-order valence-corrected chi connectivity index (χ3v) is 11.3. The largest absolute Gasteiger partial charge is 0.504 e. The Balaban J connectivity index is 0.00000278. The van der Waals surface area contributed by atoms with E-state index in [0.717, 1.165) is 43.8 Å². The molecule has 1 saturated heterocycles. The summed E-state index contributed by atoms with van der Waals surface area (Å²) in [5, 5.41) is 12.4. The van der Waals surface area contributed by atoms with Crippen LogP contribution in [0.2, 0.25) is 0 Å². The number of phenols is 1. The van der Waals surface area contributed by atoms with Gasteiger partial charge in [0, 0.05) is 35.5 Å². The number of likely N-dealkylation sites (tertiary alicyclic amines) is 1. The van der Waals surface area contributed by atoms with E-state index in [1.807, 2.05) is 6.07 Å². The molecular weight excluding hydrogens is 556 g/mol. The summed E-state index contributed by atoms with van der Waals surface area (Å²) in [7, 11) is 0. The normalized spacial score (nSPS) is 28.6. The molecule has 6 heteroatoms. The van der Waals surface area contributed by atoms with E-state index in [1.54, 1.807) is 0 Å². The summed E-state index contributed by atoms with van der Waals surface area (Å²) in [6.45, 7) is 9.54. The van der Waals surface area contributed by atoms with E-state index < -0.39 is 5.60 Å². The van der Waals surface area contributed by atoms with Crippen LogP contribution in [0, 0.1) is 5.92 Å². The summed E-state index contributed by atoms with van der Waals surface area (Å²) in [6, 6.07) is 22.0. The number of halogens is 1. The van der Waals surface area contributed by atoms with Crippen LogP contribution < -0.4 is 4.74 Å². The van der Waals surface area contributed by atoms with Crippen LogP contribution in [-0.4, -0.2) is 39.7 Å². The maximum Gasteiger partial charge on any atom is 0.166 e. The fourth-order valence-corrected chi connectivity index (χ4v) is 9.13. The van der Waals surface area contributed by atoms with Gasteiger partial charge in [0.2, 0.25) is 0 Å². The van der Waals surface area contributed by atoms with Crippen molar-refractivity contribution in [1.82, 2.24) is 9.88 Å². The number of H-pyrrole nitrogens is 1. The predicted molar refractivity (Wildman–Crippen MR) is 171 cm³/mol. The molecule has 3 aliphatic carbocycles. The SMILES string of the molecule is CC(C)(C)c1ccc(CO[C@@]23Cc4c([nH]c5ccccc45)[C@@H]4Oc5c(O)ccc6c5[C@@]42CCN(CC2CC2)[C@@H]3C6)cc1.Cl. The summed E-state index contributed by atoms with van der Waals surface area (Å²) in [4.78, 5) is 6.57. The Morgan fingerprint density at radius 1 is 1.05 bits per heavy atom. The molecule has 2 bridgehead atoms. The van der Waals surface area contributed by atoms with E-state index in [9.17, 15) is 5.11 Å². The maximum atomic E-state index is 11.2. The topological polar surface area (TPSA) is 57.7 Å². The Bertz CT molecular complexity index is 1740. The van der Waals surface area contributed by atoms with Crippen LogP contribution in [0.4, 0.5) is 0 Å². The van der Waals surface area contributed by atoms with Crippen LogP contribution in [0.25, 0.3) is 10.9 Å². The minimum atomic E-state index is -0.475. The molecule has 43 heavy (non-hydrogen) atoms. The maximum absolute atomic E-state index is 11.2. The highest BCUT2D eigenvalue weighted by molar-refractivity contribution is 5.86. The van der Waals surface area contributed by atoms with Gasteiger partial charge in [-0.1, -0.05) is 69.3 Å². The van der Waals surface area contributed by atoms with Gasteiger partial charge >= 0.3 is 0 Å². The zero-order chi connectivity index (χ0) is 28.4. The fraction of sp³-hybridized carbons (Fsp3) is 0.459. The molecule has 1 aromatic heterocycles. The van der Waals surface area contributed by atoms with Gasteiger partial charge in [-0.05, 0) is 77.9 Å². The van der Waals surface area contributed by atoms with Gasteiger partial charge in [-0.3, -0.25) is 4.90 Å². The van der Waals surface area contributed by atoms with E-state index in [0.29, 0.717) is 12.4 Å². The lowest BCUT2D eigenvalue weighted by molar-refractivity contribution is -0.210. The Hall–Kier alpha value is -2.99. The molecule has 3 aromatic carbocycles. The van der Waals surface area contributed by atoms with Crippen LogP contribution in [0.3, 0.4) is 0 Å². The minimum Gasteiger partial charge on any atom is -0.504 e. The number of para-hydroxylation sites is 1. The van der Waals surface area contributed by atoms with Crippen molar-refractivity contribution in [3.05, 3.63) is 94.2 Å². The molecule has 1 spiro atoms. The molecule has 0 amide bonds. The quantitative estimate of drug-likeness (QED) is 0.250. The zero-order valence-corrected chi connectivity index (χ0v) is 26.1. The lowest BCUT2D eigenvalue weighted by Crippen LogP contribution is -2.75. The van der Waals surface area contributed by atoms with Crippen LogP contribution in [-0.2, 0) is 35.0 Å². The molecule has 2 N–H and O–H groups in total.